The fourth-order valence-corrected chi connectivity index (χ4v) is 5.16. The number of aromatic nitrogens is 9. The molecule has 0 saturated carbocycles. The number of aryl methyl sites for hydroxylation is 2. The predicted molar refractivity (Wildman–Crippen MR) is 120 cm³/mol. The molecule has 0 saturated heterocycles. The molecule has 0 aliphatic rings. The van der Waals surface area contributed by atoms with Crippen LogP contribution in [-0.4, -0.2) is 44.1 Å². The van der Waals surface area contributed by atoms with E-state index < -0.39 is 11.9 Å². The van der Waals surface area contributed by atoms with Crippen LogP contribution in [0.25, 0.3) is 48.7 Å². The minimum Gasteiger partial charge on any atom is -0.272 e. The van der Waals surface area contributed by atoms with Crippen molar-refractivity contribution in [1.29, 1.82) is 0 Å². The van der Waals surface area contributed by atoms with Gasteiger partial charge >= 0.3 is 6.18 Å². The molecule has 0 amide bonds. The monoisotopic (exact) mass is 483 g/mol. The fourth-order valence-electron chi connectivity index (χ4n) is 4.03. The first-order valence-electron chi connectivity index (χ1n) is 10.3. The summed E-state index contributed by atoms with van der Waals surface area (Å²) in [5.41, 5.74) is 2.51. The summed E-state index contributed by atoms with van der Waals surface area (Å²) in [7, 11) is 1.74. The standard InChI is InChI=1S/C21H16F3N9S/c1-4-32-13(5-6-26-32)18-29-19-17-16(25-9-33(19)30-18)15-11(12-8-27-31(3)10(12)2)7-14(21(22,23)24)28-20(15)34-17/h5-9H,4H2,1-3H3. The summed E-state index contributed by atoms with van der Waals surface area (Å²) in [5, 5.41) is 13.5. The minimum absolute atomic E-state index is 0.229. The van der Waals surface area contributed by atoms with Gasteiger partial charge in [-0.3, -0.25) is 9.36 Å². The lowest BCUT2D eigenvalue weighted by atomic mass is 10.0. The molecule has 34 heavy (non-hydrogen) atoms. The van der Waals surface area contributed by atoms with Gasteiger partial charge < -0.3 is 0 Å². The Balaban J connectivity index is 1.69. The van der Waals surface area contributed by atoms with E-state index in [1.54, 1.807) is 28.8 Å². The van der Waals surface area contributed by atoms with Gasteiger partial charge in [0.2, 0.25) is 5.82 Å². The zero-order chi connectivity index (χ0) is 23.8. The van der Waals surface area contributed by atoms with E-state index >= 15 is 0 Å². The van der Waals surface area contributed by atoms with Crippen molar-refractivity contribution in [3.8, 4) is 22.6 Å². The van der Waals surface area contributed by atoms with Gasteiger partial charge in [0, 0.05) is 36.4 Å². The highest BCUT2D eigenvalue weighted by Crippen LogP contribution is 2.43. The molecule has 13 heteroatoms. The van der Waals surface area contributed by atoms with Crippen LogP contribution >= 0.6 is 11.3 Å². The third kappa shape index (κ3) is 2.93. The fraction of sp³-hybridized carbons (Fsp3) is 0.238. The van der Waals surface area contributed by atoms with Gasteiger partial charge in [0.1, 0.15) is 27.2 Å². The quantitative estimate of drug-likeness (QED) is 0.368. The Morgan fingerprint density at radius 2 is 1.94 bits per heavy atom. The lowest BCUT2D eigenvalue weighted by Crippen LogP contribution is -2.08. The van der Waals surface area contributed by atoms with E-state index in [0.717, 1.165) is 28.8 Å². The lowest BCUT2D eigenvalue weighted by Gasteiger charge is -2.10. The maximum absolute atomic E-state index is 13.7. The van der Waals surface area contributed by atoms with Crippen LogP contribution in [0, 0.1) is 6.92 Å². The lowest BCUT2D eigenvalue weighted by molar-refractivity contribution is -0.140. The van der Waals surface area contributed by atoms with Gasteiger partial charge in [0.15, 0.2) is 5.65 Å². The van der Waals surface area contributed by atoms with Gasteiger partial charge in [0.05, 0.1) is 11.7 Å². The summed E-state index contributed by atoms with van der Waals surface area (Å²) < 4.78 is 46.7. The number of rotatable bonds is 3. The number of thiophene rings is 1. The Morgan fingerprint density at radius 1 is 1.12 bits per heavy atom. The number of alkyl halides is 3. The van der Waals surface area contributed by atoms with E-state index in [-0.39, 0.29) is 4.83 Å². The van der Waals surface area contributed by atoms with Gasteiger partial charge in [-0.05, 0) is 31.5 Å². The van der Waals surface area contributed by atoms with E-state index in [9.17, 15) is 13.2 Å². The summed E-state index contributed by atoms with van der Waals surface area (Å²) in [6.07, 6.45) is 0.152. The molecule has 6 aromatic heterocycles. The molecular weight excluding hydrogens is 467 g/mol. The van der Waals surface area contributed by atoms with Crippen LogP contribution < -0.4 is 0 Å². The average molecular weight is 483 g/mol. The first-order valence-corrected chi connectivity index (χ1v) is 11.1. The van der Waals surface area contributed by atoms with E-state index in [4.69, 9.17) is 0 Å². The molecule has 0 aliphatic heterocycles. The highest BCUT2D eigenvalue weighted by atomic mass is 32.1. The predicted octanol–water partition coefficient (Wildman–Crippen LogP) is 4.50. The molecule has 0 aliphatic carbocycles. The van der Waals surface area contributed by atoms with Gasteiger partial charge in [-0.1, -0.05) is 0 Å². The Morgan fingerprint density at radius 3 is 2.65 bits per heavy atom. The highest BCUT2D eigenvalue weighted by molar-refractivity contribution is 7.26. The molecule has 6 aromatic rings. The van der Waals surface area contributed by atoms with Crippen molar-refractivity contribution in [3.63, 3.8) is 0 Å². The van der Waals surface area contributed by atoms with Crippen molar-refractivity contribution < 1.29 is 13.2 Å². The first kappa shape index (κ1) is 20.7. The smallest absolute Gasteiger partial charge is 0.272 e. The molecule has 0 bridgehead atoms. The normalized spacial score (nSPS) is 12.5. The Kier molecular flexibility index (Phi) is 4.30. The second-order valence-corrected chi connectivity index (χ2v) is 8.76. The van der Waals surface area contributed by atoms with Gasteiger partial charge in [-0.25, -0.2) is 19.5 Å². The van der Waals surface area contributed by atoms with E-state index in [2.05, 4.69) is 30.2 Å². The first-order chi connectivity index (χ1) is 16.3. The molecule has 0 aromatic carbocycles. The van der Waals surface area contributed by atoms with Crippen LogP contribution in [0.15, 0.2) is 30.9 Å². The zero-order valence-corrected chi connectivity index (χ0v) is 19.0. The molecule has 0 unspecified atom stereocenters. The summed E-state index contributed by atoms with van der Waals surface area (Å²) in [5.74, 6) is 0.457. The number of halogens is 3. The van der Waals surface area contributed by atoms with Crippen molar-refractivity contribution in [2.24, 2.45) is 7.05 Å². The van der Waals surface area contributed by atoms with Crippen LogP contribution in [-0.2, 0) is 19.8 Å². The molecule has 6 heterocycles. The van der Waals surface area contributed by atoms with Crippen molar-refractivity contribution >= 4 is 37.4 Å². The number of hydrogen-bond donors (Lipinski definition) is 0. The second kappa shape index (κ2) is 7.06. The van der Waals surface area contributed by atoms with Crippen LogP contribution in [0.4, 0.5) is 13.2 Å². The van der Waals surface area contributed by atoms with Crippen LogP contribution in [0.1, 0.15) is 18.3 Å². The van der Waals surface area contributed by atoms with Crippen molar-refractivity contribution in [2.75, 3.05) is 0 Å². The van der Waals surface area contributed by atoms with Crippen molar-refractivity contribution in [2.45, 2.75) is 26.6 Å². The summed E-state index contributed by atoms with van der Waals surface area (Å²) in [6.45, 7) is 4.42. The summed E-state index contributed by atoms with van der Waals surface area (Å²) in [4.78, 5) is 13.4. The summed E-state index contributed by atoms with van der Waals surface area (Å²) in [6, 6.07) is 2.88. The van der Waals surface area contributed by atoms with Gasteiger partial charge in [-0.2, -0.15) is 23.4 Å². The largest absolute Gasteiger partial charge is 0.433 e. The topological polar surface area (TPSA) is 91.6 Å². The maximum Gasteiger partial charge on any atom is 0.433 e. The summed E-state index contributed by atoms with van der Waals surface area (Å²) >= 11 is 1.12. The highest BCUT2D eigenvalue weighted by Gasteiger charge is 2.35. The number of pyridine rings is 1. The van der Waals surface area contributed by atoms with E-state index in [0.29, 0.717) is 44.7 Å². The second-order valence-electron chi connectivity index (χ2n) is 7.76. The Labute approximate surface area is 193 Å². The molecule has 0 atom stereocenters. The molecular formula is C21H16F3N9S. The number of hydrogen-bond acceptors (Lipinski definition) is 7. The van der Waals surface area contributed by atoms with Crippen LogP contribution in [0.5, 0.6) is 0 Å². The average Bonchev–Trinajstić information content (AvgIpc) is 3.57. The molecule has 6 rings (SSSR count). The maximum atomic E-state index is 13.7. The van der Waals surface area contributed by atoms with Crippen LogP contribution in [0.2, 0.25) is 0 Å². The van der Waals surface area contributed by atoms with E-state index in [1.807, 2.05) is 19.9 Å². The SMILES string of the molecule is CCn1nccc1-c1nc2c3sc4nc(C(F)(F)F)cc(-c5cnn(C)c5C)c4c3ncn2n1. The number of nitrogens with zero attached hydrogens (tertiary/aromatic N) is 9. The molecule has 0 fully saturated rings. The molecule has 0 radical (unpaired) electrons. The molecule has 0 spiro atoms. The van der Waals surface area contributed by atoms with Gasteiger partial charge in [-0.15, -0.1) is 16.4 Å². The minimum atomic E-state index is -4.60. The van der Waals surface area contributed by atoms with Gasteiger partial charge in [0.25, 0.3) is 0 Å². The Hall–Kier alpha value is -3.87. The van der Waals surface area contributed by atoms with Crippen molar-refractivity contribution in [1.82, 2.24) is 44.1 Å². The Bertz CT molecular complexity index is 1720. The number of fused-ring (bicyclic) bond motifs is 5. The van der Waals surface area contributed by atoms with Crippen molar-refractivity contribution in [3.05, 3.63) is 42.2 Å². The molecule has 9 nitrogen and oxygen atoms in total. The molecule has 172 valence electrons. The molecule has 0 N–H and O–H groups in total. The zero-order valence-electron chi connectivity index (χ0n) is 18.2. The third-order valence-corrected chi connectivity index (χ3v) is 6.90. The van der Waals surface area contributed by atoms with Crippen LogP contribution in [0.3, 0.4) is 0 Å². The van der Waals surface area contributed by atoms with E-state index in [1.165, 1.54) is 10.8 Å². The third-order valence-electron chi connectivity index (χ3n) is 5.83.